The molecule has 178 valence electrons. The lowest BCUT2D eigenvalue weighted by molar-refractivity contribution is 0.0204. The van der Waals surface area contributed by atoms with E-state index in [1.165, 1.54) is 11.3 Å². The van der Waals surface area contributed by atoms with Crippen LogP contribution in [-0.4, -0.2) is 53.1 Å². The monoisotopic (exact) mass is 474 g/mol. The largest absolute Gasteiger partial charge is 0.494 e. The first-order chi connectivity index (χ1) is 15.7. The number of thiazole rings is 1. The molecule has 10 heteroatoms. The number of ether oxygens (including phenoxy) is 2. The fourth-order valence-electron chi connectivity index (χ4n) is 3.36. The highest BCUT2D eigenvalue weighted by Gasteiger charge is 2.29. The normalized spacial score (nSPS) is 14.5. The van der Waals surface area contributed by atoms with Gasteiger partial charge in [-0.2, -0.15) is 0 Å². The van der Waals surface area contributed by atoms with Gasteiger partial charge in [0.15, 0.2) is 0 Å². The Labute approximate surface area is 197 Å². The maximum atomic E-state index is 12.4. The molecule has 2 N–H and O–H groups in total. The van der Waals surface area contributed by atoms with Crippen LogP contribution in [0.1, 0.15) is 72.3 Å². The first kappa shape index (κ1) is 24.5. The average Bonchev–Trinajstić information content (AvgIpc) is 3.27. The summed E-state index contributed by atoms with van der Waals surface area (Å²) in [6, 6.07) is 6.71. The molecule has 1 fully saturated rings. The third-order valence-electron chi connectivity index (χ3n) is 4.95. The Balaban J connectivity index is 1.50. The van der Waals surface area contributed by atoms with Crippen LogP contribution in [0.2, 0.25) is 0 Å². The zero-order chi connectivity index (χ0) is 24.0. The number of rotatable bonds is 5. The minimum atomic E-state index is -0.521. The summed E-state index contributed by atoms with van der Waals surface area (Å²) in [5.41, 5.74) is 4.90. The molecule has 0 radical (unpaired) electrons. The van der Waals surface area contributed by atoms with E-state index in [2.05, 4.69) is 15.8 Å². The number of aromatic nitrogens is 1. The Hall–Kier alpha value is -3.14. The van der Waals surface area contributed by atoms with E-state index in [-0.39, 0.29) is 17.7 Å². The highest BCUT2D eigenvalue weighted by molar-refractivity contribution is 7.09. The minimum absolute atomic E-state index is 0.172. The van der Waals surface area contributed by atoms with Crippen LogP contribution in [0.5, 0.6) is 5.75 Å². The number of nitrogens with zero attached hydrogens (tertiary/aromatic N) is 2. The summed E-state index contributed by atoms with van der Waals surface area (Å²) >= 11 is 1.41. The molecule has 0 spiro atoms. The van der Waals surface area contributed by atoms with Crippen LogP contribution in [0, 0.1) is 0 Å². The van der Waals surface area contributed by atoms with E-state index in [0.29, 0.717) is 31.0 Å². The quantitative estimate of drug-likeness (QED) is 0.639. The van der Waals surface area contributed by atoms with E-state index >= 15 is 0 Å². The number of hydrogen-bond donors (Lipinski definition) is 2. The van der Waals surface area contributed by atoms with Gasteiger partial charge in [0, 0.05) is 30.0 Å². The first-order valence-corrected chi connectivity index (χ1v) is 11.8. The number of carbonyl (C=O) groups is 3. The van der Waals surface area contributed by atoms with Gasteiger partial charge in [-0.15, -0.1) is 11.3 Å². The molecule has 1 aliphatic rings. The molecule has 0 unspecified atom stereocenters. The molecular weight excluding hydrogens is 444 g/mol. The molecule has 2 heterocycles. The van der Waals surface area contributed by atoms with Crippen molar-refractivity contribution in [2.45, 2.75) is 52.1 Å². The Morgan fingerprint density at radius 1 is 1.15 bits per heavy atom. The van der Waals surface area contributed by atoms with E-state index < -0.39 is 17.4 Å². The molecule has 0 atom stereocenters. The van der Waals surface area contributed by atoms with Gasteiger partial charge in [0.1, 0.15) is 17.0 Å². The molecule has 9 nitrogen and oxygen atoms in total. The van der Waals surface area contributed by atoms with Crippen LogP contribution in [0.15, 0.2) is 29.6 Å². The number of nitrogens with one attached hydrogen (secondary N) is 2. The topological polar surface area (TPSA) is 110 Å². The van der Waals surface area contributed by atoms with Gasteiger partial charge in [0.05, 0.1) is 11.6 Å². The molecule has 0 aliphatic carbocycles. The van der Waals surface area contributed by atoms with Crippen LogP contribution in [0.4, 0.5) is 4.79 Å². The lowest BCUT2D eigenvalue weighted by Gasteiger charge is -2.32. The number of carbonyl (C=O) groups excluding carboxylic acids is 3. The van der Waals surface area contributed by atoms with E-state index in [4.69, 9.17) is 9.47 Å². The summed E-state index contributed by atoms with van der Waals surface area (Å²) < 4.78 is 10.8. The molecule has 3 amide bonds. The van der Waals surface area contributed by atoms with Gasteiger partial charge in [-0.3, -0.25) is 20.4 Å². The van der Waals surface area contributed by atoms with Crippen molar-refractivity contribution < 1.29 is 23.9 Å². The third-order valence-corrected chi connectivity index (χ3v) is 5.95. The summed E-state index contributed by atoms with van der Waals surface area (Å²) in [4.78, 5) is 43.2. The van der Waals surface area contributed by atoms with Gasteiger partial charge in [-0.05, 0) is 58.7 Å². The van der Waals surface area contributed by atoms with Crippen LogP contribution in [-0.2, 0) is 4.74 Å². The smallest absolute Gasteiger partial charge is 0.410 e. The number of likely N-dealkylation sites (tertiary alicyclic amines) is 1. The fourth-order valence-corrected chi connectivity index (χ4v) is 4.33. The second kappa shape index (κ2) is 10.7. The predicted octanol–water partition coefficient (Wildman–Crippen LogP) is 3.73. The fraction of sp³-hybridized carbons (Fsp3) is 0.478. The first-order valence-electron chi connectivity index (χ1n) is 10.9. The maximum Gasteiger partial charge on any atom is 0.410 e. The van der Waals surface area contributed by atoms with Gasteiger partial charge in [0.25, 0.3) is 11.8 Å². The van der Waals surface area contributed by atoms with Gasteiger partial charge in [0.2, 0.25) is 0 Å². The van der Waals surface area contributed by atoms with E-state index in [1.54, 1.807) is 34.5 Å². The third kappa shape index (κ3) is 6.92. The standard InChI is InChI=1S/C23H30N4O5S/c1-5-31-17-8-6-7-16(13-17)19(28)25-26-20(29)18-14-33-21(24-18)15-9-11-27(12-10-15)22(30)32-23(2,3)4/h6-8,13-15H,5,9-12H2,1-4H3,(H,25,28)(H,26,29). The second-order valence-corrected chi connectivity index (χ2v) is 9.57. The predicted molar refractivity (Wildman–Crippen MR) is 124 cm³/mol. The van der Waals surface area contributed by atoms with Crippen LogP contribution in [0.25, 0.3) is 0 Å². The summed E-state index contributed by atoms with van der Waals surface area (Å²) in [6.07, 6.45) is 1.20. The minimum Gasteiger partial charge on any atom is -0.494 e. The number of benzene rings is 1. The Kier molecular flexibility index (Phi) is 7.91. The molecule has 1 saturated heterocycles. The number of hydrazine groups is 1. The molecule has 3 rings (SSSR count). The molecule has 0 saturated carbocycles. The number of piperidine rings is 1. The molecule has 1 aliphatic heterocycles. The second-order valence-electron chi connectivity index (χ2n) is 8.68. The zero-order valence-corrected chi connectivity index (χ0v) is 20.2. The molecule has 1 aromatic heterocycles. The summed E-state index contributed by atoms with van der Waals surface area (Å²) in [5.74, 6) is -0.183. The summed E-state index contributed by atoms with van der Waals surface area (Å²) in [6.45, 7) is 9.06. The Bertz CT molecular complexity index is 993. The zero-order valence-electron chi connectivity index (χ0n) is 19.3. The van der Waals surface area contributed by atoms with Gasteiger partial charge < -0.3 is 14.4 Å². The van der Waals surface area contributed by atoms with Crippen molar-refractivity contribution in [2.75, 3.05) is 19.7 Å². The van der Waals surface area contributed by atoms with E-state index in [1.807, 2.05) is 27.7 Å². The Morgan fingerprint density at radius 2 is 1.85 bits per heavy atom. The van der Waals surface area contributed by atoms with Crippen molar-refractivity contribution in [1.82, 2.24) is 20.7 Å². The van der Waals surface area contributed by atoms with Crippen LogP contribution in [0.3, 0.4) is 0 Å². The van der Waals surface area contributed by atoms with Crippen molar-refractivity contribution in [1.29, 1.82) is 0 Å². The van der Waals surface area contributed by atoms with Crippen molar-refractivity contribution >= 4 is 29.2 Å². The lowest BCUT2D eigenvalue weighted by Crippen LogP contribution is -2.42. The van der Waals surface area contributed by atoms with Crippen LogP contribution >= 0.6 is 11.3 Å². The van der Waals surface area contributed by atoms with Gasteiger partial charge in [-0.1, -0.05) is 6.07 Å². The average molecular weight is 475 g/mol. The van der Waals surface area contributed by atoms with Gasteiger partial charge in [-0.25, -0.2) is 9.78 Å². The van der Waals surface area contributed by atoms with Crippen molar-refractivity contribution in [3.05, 3.63) is 45.9 Å². The van der Waals surface area contributed by atoms with Crippen LogP contribution < -0.4 is 15.6 Å². The molecule has 33 heavy (non-hydrogen) atoms. The van der Waals surface area contributed by atoms with Crippen molar-refractivity contribution in [3.8, 4) is 5.75 Å². The summed E-state index contributed by atoms with van der Waals surface area (Å²) in [7, 11) is 0. The molecule has 1 aromatic carbocycles. The molecule has 2 aromatic rings. The summed E-state index contributed by atoms with van der Waals surface area (Å²) in [5, 5.41) is 2.52. The SMILES string of the molecule is CCOc1cccc(C(=O)NNC(=O)c2csc(C3CCN(C(=O)OC(C)(C)C)CC3)n2)c1. The van der Waals surface area contributed by atoms with Gasteiger partial charge >= 0.3 is 6.09 Å². The molecule has 0 bridgehead atoms. The highest BCUT2D eigenvalue weighted by Crippen LogP contribution is 2.31. The highest BCUT2D eigenvalue weighted by atomic mass is 32.1. The van der Waals surface area contributed by atoms with Crippen molar-refractivity contribution in [3.63, 3.8) is 0 Å². The molecular formula is C23H30N4O5S. The van der Waals surface area contributed by atoms with Crippen molar-refractivity contribution in [2.24, 2.45) is 0 Å². The number of hydrogen-bond acceptors (Lipinski definition) is 7. The Morgan fingerprint density at radius 3 is 2.52 bits per heavy atom. The lowest BCUT2D eigenvalue weighted by atomic mass is 9.98. The maximum absolute atomic E-state index is 12.4. The van der Waals surface area contributed by atoms with E-state index in [0.717, 1.165) is 17.8 Å². The van der Waals surface area contributed by atoms with E-state index in [9.17, 15) is 14.4 Å². The number of amides is 3.